The first-order valence-electron chi connectivity index (χ1n) is 8.84. The molecule has 0 radical (unpaired) electrons. The molecule has 1 saturated heterocycles. The zero-order valence-corrected chi connectivity index (χ0v) is 15.7. The van der Waals surface area contributed by atoms with Crippen molar-refractivity contribution in [3.63, 3.8) is 0 Å². The van der Waals surface area contributed by atoms with Crippen LogP contribution < -0.4 is 9.47 Å². The van der Waals surface area contributed by atoms with Crippen LogP contribution in [0.1, 0.15) is 57.6 Å². The Morgan fingerprint density at radius 3 is 2.26 bits per heavy atom. The third-order valence-electron chi connectivity index (χ3n) is 5.15. The normalized spacial score (nSPS) is 18.2. The number of likely N-dealkylation sites (tertiary alicyclic amines) is 1. The number of hydrogen-bond acceptors (Lipinski definition) is 3. The molecule has 3 heteroatoms. The number of hydrogen-bond donors (Lipinski definition) is 0. The molecule has 23 heavy (non-hydrogen) atoms. The number of benzene rings is 1. The van der Waals surface area contributed by atoms with E-state index in [2.05, 4.69) is 44.7 Å². The van der Waals surface area contributed by atoms with Crippen LogP contribution >= 0.6 is 0 Å². The smallest absolute Gasteiger partial charge is 0.129 e. The van der Waals surface area contributed by atoms with Gasteiger partial charge in [-0.25, -0.2) is 0 Å². The molecule has 0 saturated carbocycles. The maximum atomic E-state index is 5.75. The van der Waals surface area contributed by atoms with Gasteiger partial charge in [-0.05, 0) is 55.3 Å². The summed E-state index contributed by atoms with van der Waals surface area (Å²) in [5.74, 6) is 2.33. The van der Waals surface area contributed by atoms with Crippen molar-refractivity contribution in [3.05, 3.63) is 23.3 Å². The molecule has 0 spiro atoms. The van der Waals surface area contributed by atoms with Gasteiger partial charge in [0.05, 0.1) is 14.2 Å². The van der Waals surface area contributed by atoms with Crippen molar-refractivity contribution in [1.82, 2.24) is 4.90 Å². The molecule has 0 unspecified atom stereocenters. The highest BCUT2D eigenvalue weighted by atomic mass is 16.5. The van der Waals surface area contributed by atoms with Crippen LogP contribution in [0.3, 0.4) is 0 Å². The number of nitrogens with zero attached hydrogens (tertiary/aromatic N) is 1. The van der Waals surface area contributed by atoms with E-state index in [1.807, 2.05) is 0 Å². The van der Waals surface area contributed by atoms with Crippen molar-refractivity contribution in [2.45, 2.75) is 52.9 Å². The fraction of sp³-hybridized carbons (Fsp3) is 0.700. The summed E-state index contributed by atoms with van der Waals surface area (Å²) in [6.07, 6.45) is 3.63. The zero-order chi connectivity index (χ0) is 17.0. The van der Waals surface area contributed by atoms with Crippen LogP contribution in [-0.4, -0.2) is 38.8 Å². The van der Waals surface area contributed by atoms with Crippen LogP contribution in [0.5, 0.6) is 11.5 Å². The fourth-order valence-electron chi connectivity index (χ4n) is 3.45. The van der Waals surface area contributed by atoms with Gasteiger partial charge in [-0.1, -0.05) is 33.8 Å². The van der Waals surface area contributed by atoms with Gasteiger partial charge in [-0.2, -0.15) is 0 Å². The van der Waals surface area contributed by atoms with E-state index in [1.165, 1.54) is 37.1 Å². The summed E-state index contributed by atoms with van der Waals surface area (Å²) in [6.45, 7) is 12.7. The average Bonchev–Trinajstić information content (AvgIpc) is 2.52. The second-order valence-corrected chi connectivity index (χ2v) is 7.78. The lowest BCUT2D eigenvalue weighted by molar-refractivity contribution is 0.134. The summed E-state index contributed by atoms with van der Waals surface area (Å²) in [5, 5.41) is 0. The maximum absolute atomic E-state index is 5.75. The molecule has 1 aromatic rings. The Morgan fingerprint density at radius 2 is 1.74 bits per heavy atom. The number of piperidine rings is 1. The molecule has 1 heterocycles. The number of rotatable bonds is 6. The third-order valence-corrected chi connectivity index (χ3v) is 5.15. The standard InChI is InChI=1S/C20H33NO2/c1-15(2)18-17(22-5)8-7-16(19(18)23-6)9-12-21-13-10-20(3,4)11-14-21/h7-8,15H,9-14H2,1-6H3. The summed E-state index contributed by atoms with van der Waals surface area (Å²) in [6, 6.07) is 4.25. The molecule has 0 N–H and O–H groups in total. The number of methoxy groups -OCH3 is 2. The highest BCUT2D eigenvalue weighted by Gasteiger charge is 2.25. The predicted octanol–water partition coefficient (Wildman–Crippen LogP) is 4.49. The molecule has 130 valence electrons. The molecule has 3 nitrogen and oxygen atoms in total. The number of ether oxygens (including phenoxy) is 2. The Labute approximate surface area is 142 Å². The summed E-state index contributed by atoms with van der Waals surface area (Å²) in [5.41, 5.74) is 2.99. The van der Waals surface area contributed by atoms with Gasteiger partial charge >= 0.3 is 0 Å². The van der Waals surface area contributed by atoms with Gasteiger partial charge in [0.25, 0.3) is 0 Å². The van der Waals surface area contributed by atoms with Gasteiger partial charge in [-0.3, -0.25) is 0 Å². The van der Waals surface area contributed by atoms with Gasteiger partial charge in [-0.15, -0.1) is 0 Å². The molecule has 1 aliphatic rings. The van der Waals surface area contributed by atoms with E-state index in [4.69, 9.17) is 9.47 Å². The van der Waals surface area contributed by atoms with Gasteiger partial charge in [0.2, 0.25) is 0 Å². The van der Waals surface area contributed by atoms with Crippen LogP contribution in [0.25, 0.3) is 0 Å². The lowest BCUT2D eigenvalue weighted by Gasteiger charge is -2.37. The largest absolute Gasteiger partial charge is 0.496 e. The first kappa shape index (κ1) is 18.1. The summed E-state index contributed by atoms with van der Waals surface area (Å²) in [7, 11) is 3.50. The monoisotopic (exact) mass is 319 g/mol. The van der Waals surface area contributed by atoms with E-state index in [9.17, 15) is 0 Å². The molecule has 1 aliphatic heterocycles. The molecular formula is C20H33NO2. The van der Waals surface area contributed by atoms with Crippen molar-refractivity contribution in [2.24, 2.45) is 5.41 Å². The lowest BCUT2D eigenvalue weighted by Crippen LogP contribution is -2.38. The second kappa shape index (κ2) is 7.57. The van der Waals surface area contributed by atoms with Crippen molar-refractivity contribution in [1.29, 1.82) is 0 Å². The Kier molecular flexibility index (Phi) is 5.96. The lowest BCUT2D eigenvalue weighted by atomic mass is 9.82. The van der Waals surface area contributed by atoms with E-state index in [0.717, 1.165) is 24.5 Å². The maximum Gasteiger partial charge on any atom is 0.129 e. The van der Waals surface area contributed by atoms with Crippen LogP contribution in [0.4, 0.5) is 0 Å². The van der Waals surface area contributed by atoms with Crippen molar-refractivity contribution < 1.29 is 9.47 Å². The molecular weight excluding hydrogens is 286 g/mol. The van der Waals surface area contributed by atoms with E-state index in [-0.39, 0.29) is 0 Å². The SMILES string of the molecule is COc1ccc(CCN2CCC(C)(C)CC2)c(OC)c1C(C)C. The minimum atomic E-state index is 0.385. The second-order valence-electron chi connectivity index (χ2n) is 7.78. The first-order valence-corrected chi connectivity index (χ1v) is 8.84. The summed E-state index contributed by atoms with van der Waals surface area (Å²) >= 11 is 0. The van der Waals surface area contributed by atoms with E-state index >= 15 is 0 Å². The minimum absolute atomic E-state index is 0.385. The summed E-state index contributed by atoms with van der Waals surface area (Å²) < 4.78 is 11.3. The Morgan fingerprint density at radius 1 is 1.09 bits per heavy atom. The van der Waals surface area contributed by atoms with E-state index < -0.39 is 0 Å². The van der Waals surface area contributed by atoms with Gasteiger partial charge in [0, 0.05) is 12.1 Å². The quantitative estimate of drug-likeness (QED) is 0.771. The van der Waals surface area contributed by atoms with Gasteiger partial charge < -0.3 is 14.4 Å². The molecule has 0 amide bonds. The van der Waals surface area contributed by atoms with E-state index in [1.54, 1.807) is 14.2 Å². The summed E-state index contributed by atoms with van der Waals surface area (Å²) in [4.78, 5) is 2.59. The van der Waals surface area contributed by atoms with Crippen LogP contribution in [0.2, 0.25) is 0 Å². The Hall–Kier alpha value is -1.22. The van der Waals surface area contributed by atoms with Crippen molar-refractivity contribution in [3.8, 4) is 11.5 Å². The van der Waals surface area contributed by atoms with Crippen LogP contribution in [-0.2, 0) is 6.42 Å². The van der Waals surface area contributed by atoms with Gasteiger partial charge in [0.1, 0.15) is 11.5 Å². The Balaban J connectivity index is 2.10. The third kappa shape index (κ3) is 4.41. The average molecular weight is 319 g/mol. The molecule has 0 aromatic heterocycles. The Bertz CT molecular complexity index is 513. The van der Waals surface area contributed by atoms with Gasteiger partial charge in [0.15, 0.2) is 0 Å². The highest BCUT2D eigenvalue weighted by molar-refractivity contribution is 5.52. The molecule has 0 aliphatic carbocycles. The topological polar surface area (TPSA) is 21.7 Å². The van der Waals surface area contributed by atoms with E-state index in [0.29, 0.717) is 11.3 Å². The minimum Gasteiger partial charge on any atom is -0.496 e. The molecule has 1 fully saturated rings. The highest BCUT2D eigenvalue weighted by Crippen LogP contribution is 2.38. The molecule has 0 atom stereocenters. The molecule has 1 aromatic carbocycles. The first-order chi connectivity index (χ1) is 10.9. The predicted molar refractivity (Wildman–Crippen MR) is 96.8 cm³/mol. The van der Waals surface area contributed by atoms with Crippen molar-refractivity contribution >= 4 is 0 Å². The zero-order valence-electron chi connectivity index (χ0n) is 15.7. The van der Waals surface area contributed by atoms with Crippen molar-refractivity contribution in [2.75, 3.05) is 33.9 Å². The molecule has 0 bridgehead atoms. The van der Waals surface area contributed by atoms with Crippen LogP contribution in [0, 0.1) is 5.41 Å². The fourth-order valence-corrected chi connectivity index (χ4v) is 3.45. The molecule has 2 rings (SSSR count). The van der Waals surface area contributed by atoms with Crippen LogP contribution in [0.15, 0.2) is 12.1 Å².